The molecule has 9 nitrogen and oxygen atoms in total. The van der Waals surface area contributed by atoms with E-state index in [1.54, 1.807) is 0 Å². The van der Waals surface area contributed by atoms with E-state index in [2.05, 4.69) is 104 Å². The lowest BCUT2D eigenvalue weighted by molar-refractivity contribution is -0.302. The van der Waals surface area contributed by atoms with Crippen molar-refractivity contribution in [3.8, 4) is 0 Å². The van der Waals surface area contributed by atoms with Gasteiger partial charge in [-0.05, 0) is 70.6 Å². The molecule has 0 saturated carbocycles. The third-order valence-electron chi connectivity index (χ3n) is 16.3. The summed E-state index contributed by atoms with van der Waals surface area (Å²) in [6.07, 6.45) is 80.7. The van der Waals surface area contributed by atoms with Gasteiger partial charge < -0.3 is 40.3 Å². The van der Waals surface area contributed by atoms with Gasteiger partial charge in [0, 0.05) is 6.42 Å². The molecule has 1 aliphatic rings. The number of allylic oxidation sites excluding steroid dienone is 14. The average Bonchev–Trinajstić information content (AvgIpc) is 3.59. The van der Waals surface area contributed by atoms with E-state index in [-0.39, 0.29) is 12.5 Å². The van der Waals surface area contributed by atoms with Crippen molar-refractivity contribution in [2.75, 3.05) is 13.2 Å². The highest BCUT2D eigenvalue weighted by atomic mass is 16.7. The van der Waals surface area contributed by atoms with Gasteiger partial charge in [0.1, 0.15) is 24.4 Å². The molecule has 7 unspecified atom stereocenters. The summed E-state index contributed by atoms with van der Waals surface area (Å²) in [5, 5.41) is 54.9. The fourth-order valence-electron chi connectivity index (χ4n) is 10.9. The molecule has 0 radical (unpaired) electrons. The molecule has 7 atom stereocenters. The van der Waals surface area contributed by atoms with E-state index in [9.17, 15) is 30.3 Å². The minimum Gasteiger partial charge on any atom is -0.394 e. The molecule has 476 valence electrons. The number of amides is 1. The number of nitrogens with one attached hydrogen (secondary N) is 1. The largest absolute Gasteiger partial charge is 0.394 e. The molecule has 0 aromatic heterocycles. The highest BCUT2D eigenvalue weighted by molar-refractivity contribution is 5.76. The van der Waals surface area contributed by atoms with Gasteiger partial charge in [0.2, 0.25) is 5.91 Å². The number of ether oxygens (including phenoxy) is 2. The molecule has 0 aromatic rings. The lowest BCUT2D eigenvalue weighted by Gasteiger charge is -2.40. The number of unbranched alkanes of at least 4 members (excludes halogenated alkanes) is 36. The van der Waals surface area contributed by atoms with Crippen LogP contribution in [0.2, 0.25) is 0 Å². The molecule has 1 saturated heterocycles. The molecular weight excluding hydrogens is 1020 g/mol. The Morgan fingerprint density at radius 2 is 0.756 bits per heavy atom. The Kier molecular flexibility index (Phi) is 58.0. The van der Waals surface area contributed by atoms with Crippen LogP contribution in [0.1, 0.15) is 316 Å². The van der Waals surface area contributed by atoms with Crippen molar-refractivity contribution in [3.63, 3.8) is 0 Å². The second-order valence-corrected chi connectivity index (χ2v) is 23.9. The minimum absolute atomic E-state index is 0.138. The van der Waals surface area contributed by atoms with Crippen LogP contribution in [0, 0.1) is 0 Å². The molecule has 1 fully saturated rings. The maximum atomic E-state index is 13.1. The van der Waals surface area contributed by atoms with E-state index in [0.29, 0.717) is 12.8 Å². The van der Waals surface area contributed by atoms with E-state index in [0.717, 1.165) is 83.5 Å². The monoisotopic (exact) mass is 1150 g/mol. The van der Waals surface area contributed by atoms with Crippen LogP contribution in [-0.4, -0.2) is 87.5 Å². The van der Waals surface area contributed by atoms with Crippen LogP contribution in [0.25, 0.3) is 0 Å². The lowest BCUT2D eigenvalue weighted by atomic mass is 9.99. The first-order valence-electron chi connectivity index (χ1n) is 34.8. The van der Waals surface area contributed by atoms with E-state index < -0.39 is 49.5 Å². The minimum atomic E-state index is -1.56. The summed E-state index contributed by atoms with van der Waals surface area (Å²) in [5.74, 6) is -0.142. The Labute approximate surface area is 505 Å². The van der Waals surface area contributed by atoms with E-state index in [4.69, 9.17) is 9.47 Å². The Morgan fingerprint density at radius 3 is 1.12 bits per heavy atom. The summed E-state index contributed by atoms with van der Waals surface area (Å²) in [7, 11) is 0. The van der Waals surface area contributed by atoms with Gasteiger partial charge in [0.15, 0.2) is 6.29 Å². The fourth-order valence-corrected chi connectivity index (χ4v) is 10.9. The third kappa shape index (κ3) is 49.6. The van der Waals surface area contributed by atoms with Crippen LogP contribution < -0.4 is 5.32 Å². The van der Waals surface area contributed by atoms with Crippen molar-refractivity contribution in [3.05, 3.63) is 85.1 Å². The zero-order chi connectivity index (χ0) is 59.3. The molecule has 1 heterocycles. The average molecular weight is 1150 g/mol. The number of hydrogen-bond acceptors (Lipinski definition) is 8. The Balaban J connectivity index is 2.11. The van der Waals surface area contributed by atoms with Crippen molar-refractivity contribution in [1.82, 2.24) is 5.32 Å². The highest BCUT2D eigenvalue weighted by Gasteiger charge is 2.44. The van der Waals surface area contributed by atoms with Gasteiger partial charge in [-0.2, -0.15) is 0 Å². The smallest absolute Gasteiger partial charge is 0.220 e. The van der Waals surface area contributed by atoms with Gasteiger partial charge in [0.25, 0.3) is 0 Å². The van der Waals surface area contributed by atoms with Gasteiger partial charge in [-0.25, -0.2) is 0 Å². The van der Waals surface area contributed by atoms with Crippen LogP contribution in [0.4, 0.5) is 0 Å². The van der Waals surface area contributed by atoms with Crippen molar-refractivity contribution >= 4 is 5.91 Å². The molecule has 0 bridgehead atoms. The van der Waals surface area contributed by atoms with Crippen LogP contribution in [0.5, 0.6) is 0 Å². The molecule has 0 aliphatic carbocycles. The molecule has 1 amide bonds. The first-order valence-corrected chi connectivity index (χ1v) is 34.8. The summed E-state index contributed by atoms with van der Waals surface area (Å²) in [4.78, 5) is 13.1. The topological polar surface area (TPSA) is 149 Å². The van der Waals surface area contributed by atoms with E-state index in [1.807, 2.05) is 0 Å². The number of rotatable bonds is 60. The van der Waals surface area contributed by atoms with Crippen LogP contribution in [0.15, 0.2) is 85.1 Å². The van der Waals surface area contributed by atoms with Gasteiger partial charge in [-0.1, -0.05) is 324 Å². The fraction of sp³-hybridized carbons (Fsp3) is 0.795. The SMILES string of the molecule is CC/C=C\C/C=C\C/C=C\C/C=C\C/C=C\C/C=C\C/C=C\CCCCCCCCCCCCCCCCCC(=O)NC(COC1OC(CO)C(O)C(O)C1O)C(O)CCCCCCCCCCCCCCCCCCCCCCCC. The van der Waals surface area contributed by atoms with Crippen molar-refractivity contribution in [2.45, 2.75) is 358 Å². The van der Waals surface area contributed by atoms with Gasteiger partial charge in [-0.15, -0.1) is 0 Å². The standard InChI is InChI=1S/C73H131NO8/c1-3-5-7-9-11-13-15-17-19-21-23-25-27-28-29-30-31-32-33-34-35-36-37-38-39-40-41-43-45-47-49-51-53-55-57-59-61-63-69(77)74-66(65-81-73-72(80)71(79)70(78)68(64-75)82-73)67(76)62-60-58-56-54-52-50-48-46-44-42-26-24-22-20-18-16-14-12-10-8-6-4-2/h5,7,11,13,17,19,23,25,28-29,31-32,34-35,66-68,70-73,75-76,78-80H,3-4,6,8-10,12,14-16,18,20-22,24,26-27,30,33,36-65H2,1-2H3,(H,74,77)/b7-5-,13-11-,19-17-,25-23-,29-28-,32-31-,35-34-. The van der Waals surface area contributed by atoms with Crippen LogP contribution >= 0.6 is 0 Å². The quantitative estimate of drug-likeness (QED) is 0.0261. The number of aliphatic hydroxyl groups is 5. The van der Waals surface area contributed by atoms with Crippen molar-refractivity contribution in [2.24, 2.45) is 0 Å². The second kappa shape index (κ2) is 61.5. The molecule has 1 rings (SSSR count). The highest BCUT2D eigenvalue weighted by Crippen LogP contribution is 2.24. The summed E-state index contributed by atoms with van der Waals surface area (Å²) in [5.41, 5.74) is 0. The number of carbonyl (C=O) groups is 1. The molecule has 0 spiro atoms. The zero-order valence-corrected chi connectivity index (χ0v) is 53.2. The molecule has 0 aromatic carbocycles. The zero-order valence-electron chi connectivity index (χ0n) is 53.2. The predicted octanol–water partition coefficient (Wildman–Crippen LogP) is 18.9. The summed E-state index contributed by atoms with van der Waals surface area (Å²) < 4.78 is 11.4. The molecule has 9 heteroatoms. The van der Waals surface area contributed by atoms with E-state index >= 15 is 0 Å². The summed E-state index contributed by atoms with van der Waals surface area (Å²) in [6, 6.07) is -0.724. The normalized spacial score (nSPS) is 18.8. The van der Waals surface area contributed by atoms with Gasteiger partial charge in [0.05, 0.1) is 25.4 Å². The maximum absolute atomic E-state index is 13.1. The molecule has 82 heavy (non-hydrogen) atoms. The number of hydrogen-bond donors (Lipinski definition) is 6. The summed E-state index contributed by atoms with van der Waals surface area (Å²) in [6.45, 7) is 3.76. The first-order chi connectivity index (χ1) is 40.3. The molecule has 1 aliphatic heterocycles. The summed E-state index contributed by atoms with van der Waals surface area (Å²) >= 11 is 0. The Hall–Kier alpha value is -2.63. The van der Waals surface area contributed by atoms with E-state index in [1.165, 1.54) is 205 Å². The Morgan fingerprint density at radius 1 is 0.427 bits per heavy atom. The van der Waals surface area contributed by atoms with Gasteiger partial charge >= 0.3 is 0 Å². The van der Waals surface area contributed by atoms with Gasteiger partial charge in [-0.3, -0.25) is 4.79 Å². The number of carbonyl (C=O) groups excluding carboxylic acids is 1. The maximum Gasteiger partial charge on any atom is 0.220 e. The van der Waals surface area contributed by atoms with Crippen LogP contribution in [-0.2, 0) is 14.3 Å². The van der Waals surface area contributed by atoms with Crippen molar-refractivity contribution < 1.29 is 39.8 Å². The molecular formula is C73H131NO8. The molecule has 6 N–H and O–H groups in total. The first kappa shape index (κ1) is 77.4. The number of aliphatic hydroxyl groups excluding tert-OH is 5. The van der Waals surface area contributed by atoms with Crippen LogP contribution in [0.3, 0.4) is 0 Å². The Bertz CT molecular complexity index is 1570. The van der Waals surface area contributed by atoms with Crippen molar-refractivity contribution in [1.29, 1.82) is 0 Å². The predicted molar refractivity (Wildman–Crippen MR) is 350 cm³/mol. The lowest BCUT2D eigenvalue weighted by Crippen LogP contribution is -2.60. The third-order valence-corrected chi connectivity index (χ3v) is 16.3. The second-order valence-electron chi connectivity index (χ2n) is 23.9.